The van der Waals surface area contributed by atoms with E-state index in [1.165, 1.54) is 16.7 Å². The van der Waals surface area contributed by atoms with Gasteiger partial charge >= 0.3 is 0 Å². The smallest absolute Gasteiger partial charge is 0.274 e. The topological polar surface area (TPSA) is 129 Å². The van der Waals surface area contributed by atoms with Crippen LogP contribution in [-0.4, -0.2) is 58.2 Å². The predicted octanol–water partition coefficient (Wildman–Crippen LogP) is 2.77. The van der Waals surface area contributed by atoms with Gasteiger partial charge in [0.1, 0.15) is 17.4 Å². The Kier molecular flexibility index (Phi) is 7.07. The third kappa shape index (κ3) is 5.24. The molecule has 1 aromatic carbocycles. The van der Waals surface area contributed by atoms with E-state index in [9.17, 15) is 14.9 Å². The summed E-state index contributed by atoms with van der Waals surface area (Å²) in [6, 6.07) is 6.30. The molecule has 2 aliphatic rings. The highest BCUT2D eigenvalue weighted by Gasteiger charge is 2.22. The van der Waals surface area contributed by atoms with Gasteiger partial charge < -0.3 is 28.9 Å². The Labute approximate surface area is 189 Å². The van der Waals surface area contributed by atoms with Gasteiger partial charge in [0.2, 0.25) is 0 Å². The lowest BCUT2D eigenvalue weighted by Gasteiger charge is -2.16. The zero-order chi connectivity index (χ0) is 23.4. The van der Waals surface area contributed by atoms with Crippen LogP contribution in [0.4, 0.5) is 5.69 Å². The number of non-ortho nitro benzene ring substituents is 1. The summed E-state index contributed by atoms with van der Waals surface area (Å²) in [5, 5.41) is 20.8. The number of aryl methyl sites for hydroxylation is 1. The van der Waals surface area contributed by atoms with Crippen LogP contribution in [0.3, 0.4) is 0 Å². The molecule has 1 atom stereocenters. The van der Waals surface area contributed by atoms with E-state index in [0.29, 0.717) is 41.0 Å². The number of nitro groups is 1. The van der Waals surface area contributed by atoms with Crippen molar-refractivity contribution in [2.75, 3.05) is 26.4 Å². The molecule has 1 unspecified atom stereocenters. The van der Waals surface area contributed by atoms with Crippen LogP contribution >= 0.6 is 0 Å². The molecular weight excluding hydrogens is 430 g/mol. The molecule has 0 amide bonds. The highest BCUT2D eigenvalue weighted by Crippen LogP contribution is 2.37. The summed E-state index contributed by atoms with van der Waals surface area (Å²) in [4.78, 5) is 26.0. The number of nitrogens with zero attached hydrogens (tertiary/aromatic N) is 2. The average Bonchev–Trinajstić information content (AvgIpc) is 3.50. The zero-order valence-corrected chi connectivity index (χ0v) is 18.4. The summed E-state index contributed by atoms with van der Waals surface area (Å²) in [5.41, 5.74) is 1.53. The van der Waals surface area contributed by atoms with Gasteiger partial charge in [-0.3, -0.25) is 14.9 Å². The van der Waals surface area contributed by atoms with Gasteiger partial charge in [0.25, 0.3) is 11.2 Å². The molecule has 3 aromatic rings. The summed E-state index contributed by atoms with van der Waals surface area (Å²) < 4.78 is 17.8. The molecule has 5 rings (SSSR count). The molecule has 176 valence electrons. The first-order chi connectivity index (χ1) is 15.9. The number of nitro benzene ring substituents is 1. The number of hydrogen-bond acceptors (Lipinski definition) is 7. The lowest BCUT2D eigenvalue weighted by Crippen LogP contribution is -2.19. The molecule has 2 N–H and O–H groups in total. The Morgan fingerprint density at radius 3 is 2.55 bits per heavy atom. The van der Waals surface area contributed by atoms with Gasteiger partial charge in [-0.1, -0.05) is 0 Å². The van der Waals surface area contributed by atoms with E-state index in [1.54, 1.807) is 31.6 Å². The minimum atomic E-state index is -0.442. The molecule has 0 spiro atoms. The second-order valence-electron chi connectivity index (χ2n) is 8.11. The zero-order valence-electron chi connectivity index (χ0n) is 18.4. The van der Waals surface area contributed by atoms with Gasteiger partial charge in [0.05, 0.1) is 24.2 Å². The summed E-state index contributed by atoms with van der Waals surface area (Å²) in [5.74, 6) is 0.534. The number of hydrogen-bond donors (Lipinski definition) is 2. The van der Waals surface area contributed by atoms with E-state index in [4.69, 9.17) is 19.3 Å². The van der Waals surface area contributed by atoms with Crippen molar-refractivity contribution in [2.24, 2.45) is 7.05 Å². The van der Waals surface area contributed by atoms with Crippen molar-refractivity contribution in [2.45, 2.75) is 31.5 Å². The van der Waals surface area contributed by atoms with E-state index < -0.39 is 4.92 Å². The molecule has 2 aliphatic heterocycles. The highest BCUT2D eigenvalue weighted by atomic mass is 16.6. The van der Waals surface area contributed by atoms with Crippen LogP contribution < -0.4 is 10.3 Å². The maximum atomic E-state index is 12.3. The van der Waals surface area contributed by atoms with Crippen LogP contribution in [-0.2, 0) is 16.5 Å². The lowest BCUT2D eigenvalue weighted by molar-refractivity contribution is -0.384. The monoisotopic (exact) mass is 457 g/mol. The van der Waals surface area contributed by atoms with Gasteiger partial charge in [-0.15, -0.1) is 0 Å². The molecule has 2 saturated heterocycles. The fraction of sp³-hybridized carbons (Fsp3) is 0.435. The standard InChI is InChI=1S/C18H17N3O5.C5H10O2/c1-20-9-15(13-4-6-19-17(13)18(20)22)14-8-11(21(23)24)2-3-16(14)26-12-5-7-25-10-12;6-5-1-3-7-4-2-5/h2-4,6,8-9,12,19H,5,7,10H2,1H3;5-6H,1-4H2. The molecule has 4 heterocycles. The third-order valence-corrected chi connectivity index (χ3v) is 5.73. The first kappa shape index (κ1) is 23.0. The molecule has 33 heavy (non-hydrogen) atoms. The van der Waals surface area contributed by atoms with Crippen LogP contribution in [0, 0.1) is 10.1 Å². The Hall–Kier alpha value is -3.21. The van der Waals surface area contributed by atoms with E-state index in [1.807, 2.05) is 0 Å². The normalized spacial score (nSPS) is 18.7. The van der Waals surface area contributed by atoms with Crippen molar-refractivity contribution in [3.8, 4) is 16.9 Å². The molecule has 0 radical (unpaired) electrons. The second kappa shape index (κ2) is 10.2. The SMILES string of the molecule is Cn1cc(-c2cc([N+](=O)[O-])ccc2OC2CCOC2)c2cc[nH]c2c1=O.OC1CCOCC1. The quantitative estimate of drug-likeness (QED) is 0.455. The molecule has 0 bridgehead atoms. The van der Waals surface area contributed by atoms with Gasteiger partial charge in [-0.2, -0.15) is 0 Å². The fourth-order valence-electron chi connectivity index (χ4n) is 3.90. The second-order valence-corrected chi connectivity index (χ2v) is 8.11. The molecular formula is C23H27N3O7. The van der Waals surface area contributed by atoms with Gasteiger partial charge in [0.15, 0.2) is 0 Å². The first-order valence-corrected chi connectivity index (χ1v) is 10.9. The molecule has 10 heteroatoms. The molecule has 10 nitrogen and oxygen atoms in total. The predicted molar refractivity (Wildman–Crippen MR) is 122 cm³/mol. The number of aliphatic hydroxyl groups is 1. The number of benzene rings is 1. The van der Waals surface area contributed by atoms with Crippen LogP contribution in [0.15, 0.2) is 41.5 Å². The maximum Gasteiger partial charge on any atom is 0.274 e. The Morgan fingerprint density at radius 1 is 1.15 bits per heavy atom. The van der Waals surface area contributed by atoms with Gasteiger partial charge in [0, 0.05) is 67.7 Å². The third-order valence-electron chi connectivity index (χ3n) is 5.73. The largest absolute Gasteiger partial charge is 0.487 e. The van der Waals surface area contributed by atoms with Crippen molar-refractivity contribution in [3.05, 3.63) is 57.1 Å². The van der Waals surface area contributed by atoms with Crippen molar-refractivity contribution < 1.29 is 24.2 Å². The number of rotatable bonds is 4. The molecule has 0 aliphatic carbocycles. The number of aromatic nitrogens is 2. The number of ether oxygens (including phenoxy) is 3. The van der Waals surface area contributed by atoms with Crippen LogP contribution in [0.2, 0.25) is 0 Å². The Morgan fingerprint density at radius 2 is 1.91 bits per heavy atom. The number of pyridine rings is 1. The Balaban J connectivity index is 0.000000318. The lowest BCUT2D eigenvalue weighted by atomic mass is 10.0. The number of aromatic amines is 1. The average molecular weight is 457 g/mol. The molecule has 2 aromatic heterocycles. The van der Waals surface area contributed by atoms with E-state index in [0.717, 1.165) is 32.5 Å². The highest BCUT2D eigenvalue weighted by molar-refractivity contribution is 5.96. The molecule has 0 saturated carbocycles. The summed E-state index contributed by atoms with van der Waals surface area (Å²) in [6.45, 7) is 2.60. The van der Waals surface area contributed by atoms with E-state index in [-0.39, 0.29) is 23.5 Å². The van der Waals surface area contributed by atoms with Crippen molar-refractivity contribution >= 4 is 16.6 Å². The van der Waals surface area contributed by atoms with E-state index >= 15 is 0 Å². The van der Waals surface area contributed by atoms with Gasteiger partial charge in [-0.05, 0) is 25.0 Å². The van der Waals surface area contributed by atoms with Crippen molar-refractivity contribution in [1.82, 2.24) is 9.55 Å². The minimum absolute atomic E-state index is 0.0347. The van der Waals surface area contributed by atoms with E-state index in [2.05, 4.69) is 4.98 Å². The maximum absolute atomic E-state index is 12.3. The summed E-state index contributed by atoms with van der Waals surface area (Å²) in [6.07, 6.45) is 5.58. The molecule has 2 fully saturated rings. The first-order valence-electron chi connectivity index (χ1n) is 10.9. The Bertz CT molecular complexity index is 1170. The summed E-state index contributed by atoms with van der Waals surface area (Å²) in [7, 11) is 1.65. The van der Waals surface area contributed by atoms with Crippen LogP contribution in [0.5, 0.6) is 5.75 Å². The van der Waals surface area contributed by atoms with Crippen molar-refractivity contribution in [1.29, 1.82) is 0 Å². The number of H-pyrrole nitrogens is 1. The number of fused-ring (bicyclic) bond motifs is 1. The summed E-state index contributed by atoms with van der Waals surface area (Å²) >= 11 is 0. The van der Waals surface area contributed by atoms with Crippen LogP contribution in [0.25, 0.3) is 22.0 Å². The minimum Gasteiger partial charge on any atom is -0.487 e. The van der Waals surface area contributed by atoms with Gasteiger partial charge in [-0.25, -0.2) is 0 Å². The van der Waals surface area contributed by atoms with Crippen molar-refractivity contribution in [3.63, 3.8) is 0 Å². The number of aliphatic hydroxyl groups excluding tert-OH is 1. The van der Waals surface area contributed by atoms with Crippen LogP contribution in [0.1, 0.15) is 19.3 Å². The number of nitrogens with one attached hydrogen (secondary N) is 1. The fourth-order valence-corrected chi connectivity index (χ4v) is 3.90.